The van der Waals surface area contributed by atoms with E-state index in [1.54, 1.807) is 0 Å². The number of para-hydroxylation sites is 1. The Labute approximate surface area is 77.4 Å². The third kappa shape index (κ3) is 1.58. The first-order valence-corrected chi connectivity index (χ1v) is 4.48. The molecule has 1 radical (unpaired) electrons. The number of aliphatic hydroxyl groups is 1. The lowest BCUT2D eigenvalue weighted by Crippen LogP contribution is -1.97. The lowest BCUT2D eigenvalue weighted by Gasteiger charge is -2.02. The van der Waals surface area contributed by atoms with E-state index in [-0.39, 0.29) is 6.61 Å². The SMILES string of the molecule is OCCCn1c[c]c2ccccc21. The Bertz CT molecular complexity index is 392. The van der Waals surface area contributed by atoms with Gasteiger partial charge in [-0.2, -0.15) is 0 Å². The predicted octanol–water partition coefficient (Wildman–Crippen LogP) is 1.82. The Kier molecular flexibility index (Phi) is 2.32. The van der Waals surface area contributed by atoms with E-state index in [9.17, 15) is 0 Å². The molecule has 2 heteroatoms. The highest BCUT2D eigenvalue weighted by Crippen LogP contribution is 2.14. The molecule has 0 aliphatic carbocycles. The summed E-state index contributed by atoms with van der Waals surface area (Å²) in [5, 5.41) is 9.85. The molecule has 2 nitrogen and oxygen atoms in total. The number of rotatable bonds is 3. The predicted molar refractivity (Wildman–Crippen MR) is 52.5 cm³/mol. The van der Waals surface area contributed by atoms with Gasteiger partial charge in [0.2, 0.25) is 0 Å². The molecule has 0 spiro atoms. The van der Waals surface area contributed by atoms with E-state index in [0.717, 1.165) is 18.4 Å². The zero-order valence-corrected chi connectivity index (χ0v) is 7.40. The van der Waals surface area contributed by atoms with Crippen LogP contribution in [0.2, 0.25) is 0 Å². The van der Waals surface area contributed by atoms with Gasteiger partial charge in [-0.05, 0) is 12.5 Å². The first kappa shape index (κ1) is 8.32. The first-order valence-electron chi connectivity index (χ1n) is 4.48. The van der Waals surface area contributed by atoms with Crippen LogP contribution in [-0.2, 0) is 6.54 Å². The van der Waals surface area contributed by atoms with Crippen molar-refractivity contribution in [1.82, 2.24) is 4.57 Å². The average molecular weight is 174 g/mol. The van der Waals surface area contributed by atoms with Crippen molar-refractivity contribution in [2.45, 2.75) is 13.0 Å². The maximum absolute atomic E-state index is 8.71. The van der Waals surface area contributed by atoms with Gasteiger partial charge in [0.1, 0.15) is 0 Å². The van der Waals surface area contributed by atoms with Crippen molar-refractivity contribution in [3.63, 3.8) is 0 Å². The third-order valence-corrected chi connectivity index (χ3v) is 2.15. The van der Waals surface area contributed by atoms with Crippen molar-refractivity contribution in [2.24, 2.45) is 0 Å². The van der Waals surface area contributed by atoms with Gasteiger partial charge in [-0.15, -0.1) is 0 Å². The quantitative estimate of drug-likeness (QED) is 0.754. The highest BCUT2D eigenvalue weighted by Gasteiger charge is 1.98. The van der Waals surface area contributed by atoms with Crippen molar-refractivity contribution in [2.75, 3.05) is 6.61 Å². The Balaban J connectivity index is 2.35. The van der Waals surface area contributed by atoms with E-state index in [2.05, 4.69) is 16.7 Å². The van der Waals surface area contributed by atoms with E-state index in [1.807, 2.05) is 24.4 Å². The summed E-state index contributed by atoms with van der Waals surface area (Å²) in [5.74, 6) is 0. The molecule has 67 valence electrons. The Morgan fingerprint density at radius 3 is 3.00 bits per heavy atom. The van der Waals surface area contributed by atoms with Crippen LogP contribution in [0.4, 0.5) is 0 Å². The number of nitrogens with zero attached hydrogens (tertiary/aromatic N) is 1. The molecule has 0 amide bonds. The van der Waals surface area contributed by atoms with E-state index in [1.165, 1.54) is 5.52 Å². The van der Waals surface area contributed by atoms with Gasteiger partial charge in [0.05, 0.1) is 0 Å². The summed E-state index contributed by atoms with van der Waals surface area (Å²) in [6, 6.07) is 11.3. The number of hydrogen-bond donors (Lipinski definition) is 1. The topological polar surface area (TPSA) is 25.2 Å². The van der Waals surface area contributed by atoms with E-state index < -0.39 is 0 Å². The molecule has 0 aliphatic rings. The molecule has 0 aliphatic heterocycles. The van der Waals surface area contributed by atoms with Crippen LogP contribution in [0.25, 0.3) is 10.9 Å². The molecule has 13 heavy (non-hydrogen) atoms. The van der Waals surface area contributed by atoms with Crippen LogP contribution in [0, 0.1) is 6.07 Å². The van der Waals surface area contributed by atoms with Gasteiger partial charge < -0.3 is 9.67 Å². The van der Waals surface area contributed by atoms with Crippen LogP contribution in [0.3, 0.4) is 0 Å². The van der Waals surface area contributed by atoms with Crippen molar-refractivity contribution in [3.05, 3.63) is 36.5 Å². The molecule has 2 rings (SSSR count). The fourth-order valence-corrected chi connectivity index (χ4v) is 1.49. The second-order valence-corrected chi connectivity index (χ2v) is 3.06. The van der Waals surface area contributed by atoms with Crippen LogP contribution < -0.4 is 0 Å². The summed E-state index contributed by atoms with van der Waals surface area (Å²) in [6.45, 7) is 1.10. The second-order valence-electron chi connectivity index (χ2n) is 3.06. The van der Waals surface area contributed by atoms with E-state index in [0.29, 0.717) is 0 Å². The number of fused-ring (bicyclic) bond motifs is 1. The van der Waals surface area contributed by atoms with Crippen LogP contribution in [-0.4, -0.2) is 16.3 Å². The lowest BCUT2D eigenvalue weighted by atomic mass is 10.2. The van der Waals surface area contributed by atoms with Crippen molar-refractivity contribution < 1.29 is 5.11 Å². The minimum absolute atomic E-state index is 0.243. The molecule has 0 atom stereocenters. The standard InChI is InChI=1S/C11H12NO/c13-9-3-7-12-8-6-10-4-1-2-5-11(10)12/h1-2,4-5,8,13H,3,7,9H2. The molecule has 1 heterocycles. The molecular formula is C11H12NO. The molecular weight excluding hydrogens is 162 g/mol. The molecule has 2 aromatic rings. The summed E-state index contributed by atoms with van der Waals surface area (Å²) >= 11 is 0. The summed E-state index contributed by atoms with van der Waals surface area (Å²) in [7, 11) is 0. The van der Waals surface area contributed by atoms with E-state index in [4.69, 9.17) is 5.11 Å². The van der Waals surface area contributed by atoms with Crippen LogP contribution in [0.1, 0.15) is 6.42 Å². The number of benzene rings is 1. The van der Waals surface area contributed by atoms with Gasteiger partial charge in [0.25, 0.3) is 0 Å². The van der Waals surface area contributed by atoms with Gasteiger partial charge in [-0.1, -0.05) is 18.2 Å². The number of aryl methyl sites for hydroxylation is 1. The van der Waals surface area contributed by atoms with Crippen LogP contribution in [0.15, 0.2) is 30.5 Å². The highest BCUT2D eigenvalue weighted by molar-refractivity contribution is 5.79. The maximum atomic E-state index is 8.71. The number of aromatic nitrogens is 1. The normalized spacial score (nSPS) is 10.8. The Morgan fingerprint density at radius 2 is 2.15 bits per heavy atom. The maximum Gasteiger partial charge on any atom is 0.0486 e. The second kappa shape index (κ2) is 3.62. The zero-order valence-electron chi connectivity index (χ0n) is 7.40. The van der Waals surface area contributed by atoms with Gasteiger partial charge in [0, 0.05) is 36.3 Å². The summed E-state index contributed by atoms with van der Waals surface area (Å²) in [4.78, 5) is 0. The van der Waals surface area contributed by atoms with Crippen molar-refractivity contribution in [1.29, 1.82) is 0 Å². The fraction of sp³-hybridized carbons (Fsp3) is 0.273. The lowest BCUT2D eigenvalue weighted by molar-refractivity contribution is 0.280. The molecule has 0 fully saturated rings. The summed E-state index contributed by atoms with van der Waals surface area (Å²) in [6.07, 6.45) is 2.74. The third-order valence-electron chi connectivity index (χ3n) is 2.15. The van der Waals surface area contributed by atoms with E-state index >= 15 is 0 Å². The van der Waals surface area contributed by atoms with Crippen molar-refractivity contribution >= 4 is 10.9 Å². The van der Waals surface area contributed by atoms with Crippen LogP contribution in [0.5, 0.6) is 0 Å². The van der Waals surface area contributed by atoms with Gasteiger partial charge >= 0.3 is 0 Å². The monoisotopic (exact) mass is 174 g/mol. The van der Waals surface area contributed by atoms with Gasteiger partial charge in [0.15, 0.2) is 0 Å². The molecule has 0 bridgehead atoms. The van der Waals surface area contributed by atoms with Crippen molar-refractivity contribution in [3.8, 4) is 0 Å². The summed E-state index contributed by atoms with van der Waals surface area (Å²) < 4.78 is 2.12. The average Bonchev–Trinajstić information content (AvgIpc) is 2.58. The van der Waals surface area contributed by atoms with Crippen LogP contribution >= 0.6 is 0 Å². The minimum atomic E-state index is 0.243. The highest BCUT2D eigenvalue weighted by atomic mass is 16.3. The minimum Gasteiger partial charge on any atom is -0.396 e. The first-order chi connectivity index (χ1) is 6.42. The fourth-order valence-electron chi connectivity index (χ4n) is 1.49. The molecule has 0 saturated heterocycles. The molecule has 1 N–H and O–H groups in total. The molecule has 0 unspecified atom stereocenters. The van der Waals surface area contributed by atoms with Gasteiger partial charge in [-0.25, -0.2) is 0 Å². The number of hydrogen-bond acceptors (Lipinski definition) is 1. The zero-order chi connectivity index (χ0) is 9.10. The Hall–Kier alpha value is -1.28. The van der Waals surface area contributed by atoms with Gasteiger partial charge in [-0.3, -0.25) is 0 Å². The number of aliphatic hydroxyl groups excluding tert-OH is 1. The molecule has 1 aromatic heterocycles. The molecule has 0 saturated carbocycles. The Morgan fingerprint density at radius 1 is 1.31 bits per heavy atom. The molecule has 1 aromatic carbocycles. The smallest absolute Gasteiger partial charge is 0.0486 e. The summed E-state index contributed by atoms with van der Waals surface area (Å²) in [5.41, 5.74) is 1.19. The largest absolute Gasteiger partial charge is 0.396 e.